The highest BCUT2D eigenvalue weighted by Gasteiger charge is 2.28. The minimum atomic E-state index is -0.121. The van der Waals surface area contributed by atoms with Crippen molar-refractivity contribution < 1.29 is 9.26 Å². The molecule has 0 fully saturated rings. The van der Waals surface area contributed by atoms with Gasteiger partial charge in [0, 0.05) is 15.6 Å². The highest BCUT2D eigenvalue weighted by atomic mass is 35.5. The van der Waals surface area contributed by atoms with Gasteiger partial charge in [0.15, 0.2) is 5.69 Å². The fraction of sp³-hybridized carbons (Fsp3) is 0.158. The normalized spacial score (nSPS) is 16.1. The molecule has 0 saturated heterocycles. The lowest BCUT2D eigenvalue weighted by atomic mass is 10.1. The van der Waals surface area contributed by atoms with Gasteiger partial charge in [-0.2, -0.15) is 4.98 Å². The molecular weight excluding hydrogens is 401 g/mol. The van der Waals surface area contributed by atoms with E-state index in [2.05, 4.69) is 20.5 Å². The van der Waals surface area contributed by atoms with E-state index in [1.54, 1.807) is 16.8 Å². The second kappa shape index (κ2) is 7.01. The zero-order valence-electron chi connectivity index (χ0n) is 14.4. The summed E-state index contributed by atoms with van der Waals surface area (Å²) in [7, 11) is 0. The quantitative estimate of drug-likeness (QED) is 0.489. The van der Waals surface area contributed by atoms with Crippen LogP contribution in [0.25, 0.3) is 23.0 Å². The van der Waals surface area contributed by atoms with Crippen molar-refractivity contribution in [2.24, 2.45) is 0 Å². The van der Waals surface area contributed by atoms with Gasteiger partial charge in [0.25, 0.3) is 5.89 Å². The van der Waals surface area contributed by atoms with Crippen LogP contribution < -0.4 is 0 Å². The van der Waals surface area contributed by atoms with E-state index in [1.807, 2.05) is 36.4 Å². The molecule has 3 heterocycles. The molecule has 5 rings (SSSR count). The molecule has 7 nitrogen and oxygen atoms in total. The Bertz CT molecular complexity index is 1140. The highest BCUT2D eigenvalue weighted by Crippen LogP contribution is 2.31. The predicted molar refractivity (Wildman–Crippen MR) is 103 cm³/mol. The number of fused-ring (bicyclic) bond motifs is 1. The fourth-order valence-corrected chi connectivity index (χ4v) is 3.44. The molecule has 0 radical (unpaired) electrons. The van der Waals surface area contributed by atoms with Crippen molar-refractivity contribution >= 4 is 23.2 Å². The number of benzene rings is 2. The van der Waals surface area contributed by atoms with Crippen molar-refractivity contribution in [3.8, 4) is 23.0 Å². The van der Waals surface area contributed by atoms with Crippen LogP contribution in [0.3, 0.4) is 0 Å². The number of ether oxygens (including phenoxy) is 1. The second-order valence-electron chi connectivity index (χ2n) is 6.35. The van der Waals surface area contributed by atoms with Gasteiger partial charge in [-0.3, -0.25) is 0 Å². The summed E-state index contributed by atoms with van der Waals surface area (Å²) >= 11 is 12.0. The van der Waals surface area contributed by atoms with Crippen LogP contribution in [-0.2, 0) is 17.9 Å². The van der Waals surface area contributed by atoms with Crippen LogP contribution >= 0.6 is 23.2 Å². The van der Waals surface area contributed by atoms with E-state index in [9.17, 15) is 0 Å². The van der Waals surface area contributed by atoms with Crippen molar-refractivity contribution in [3.63, 3.8) is 0 Å². The number of rotatable bonds is 3. The molecule has 0 N–H and O–H groups in total. The summed E-state index contributed by atoms with van der Waals surface area (Å²) in [4.78, 5) is 4.44. The van der Waals surface area contributed by atoms with E-state index in [4.69, 9.17) is 32.5 Å². The number of aromatic nitrogens is 5. The van der Waals surface area contributed by atoms with Crippen LogP contribution in [0.1, 0.15) is 17.4 Å². The molecule has 1 aliphatic heterocycles. The third kappa shape index (κ3) is 3.17. The Morgan fingerprint density at radius 3 is 2.71 bits per heavy atom. The summed E-state index contributed by atoms with van der Waals surface area (Å²) in [6.07, 6.45) is -0.121. The van der Waals surface area contributed by atoms with Gasteiger partial charge in [-0.25, -0.2) is 4.68 Å². The van der Waals surface area contributed by atoms with Crippen molar-refractivity contribution in [2.75, 3.05) is 0 Å². The van der Waals surface area contributed by atoms with Crippen LogP contribution in [0.4, 0.5) is 0 Å². The lowest BCUT2D eigenvalue weighted by molar-refractivity contribution is -0.00117. The largest absolute Gasteiger partial charge is 0.365 e. The Kier molecular flexibility index (Phi) is 4.35. The minimum absolute atomic E-state index is 0.121. The molecule has 1 aliphatic rings. The zero-order chi connectivity index (χ0) is 19.1. The molecule has 4 aromatic rings. The number of halogens is 2. The van der Waals surface area contributed by atoms with Crippen molar-refractivity contribution in [1.82, 2.24) is 25.1 Å². The molecule has 0 aliphatic carbocycles. The summed E-state index contributed by atoms with van der Waals surface area (Å²) in [5.41, 5.74) is 3.12. The molecule has 0 bridgehead atoms. The van der Waals surface area contributed by atoms with Gasteiger partial charge < -0.3 is 9.26 Å². The van der Waals surface area contributed by atoms with Crippen LogP contribution in [0, 0.1) is 0 Å². The van der Waals surface area contributed by atoms with Crippen LogP contribution in [-0.4, -0.2) is 25.1 Å². The van der Waals surface area contributed by atoms with Crippen molar-refractivity contribution in [3.05, 3.63) is 69.8 Å². The van der Waals surface area contributed by atoms with E-state index in [0.29, 0.717) is 40.6 Å². The van der Waals surface area contributed by atoms with Gasteiger partial charge in [0.1, 0.15) is 6.10 Å². The first-order valence-electron chi connectivity index (χ1n) is 8.57. The van der Waals surface area contributed by atoms with Gasteiger partial charge in [0.2, 0.25) is 5.82 Å². The van der Waals surface area contributed by atoms with E-state index < -0.39 is 0 Å². The summed E-state index contributed by atoms with van der Waals surface area (Å²) in [6.45, 7) is 0.879. The predicted octanol–water partition coefficient (Wildman–Crippen LogP) is 4.57. The Balaban J connectivity index is 1.42. The third-order valence-corrected chi connectivity index (χ3v) is 5.04. The molecule has 0 spiro atoms. The highest BCUT2D eigenvalue weighted by molar-refractivity contribution is 6.31. The molecule has 2 aromatic carbocycles. The Hall–Kier alpha value is -2.74. The number of nitrogens with zero attached hydrogens (tertiary/aromatic N) is 5. The third-order valence-electron chi connectivity index (χ3n) is 4.55. The zero-order valence-corrected chi connectivity index (χ0v) is 15.9. The molecule has 140 valence electrons. The van der Waals surface area contributed by atoms with Crippen LogP contribution in [0.15, 0.2) is 53.1 Å². The maximum absolute atomic E-state index is 6.03. The van der Waals surface area contributed by atoms with Crippen LogP contribution in [0.5, 0.6) is 0 Å². The van der Waals surface area contributed by atoms with Gasteiger partial charge in [-0.05, 0) is 29.8 Å². The van der Waals surface area contributed by atoms with E-state index in [1.165, 1.54) is 0 Å². The molecule has 2 aromatic heterocycles. The van der Waals surface area contributed by atoms with E-state index >= 15 is 0 Å². The summed E-state index contributed by atoms with van der Waals surface area (Å²) < 4.78 is 13.2. The Morgan fingerprint density at radius 2 is 1.89 bits per heavy atom. The van der Waals surface area contributed by atoms with Gasteiger partial charge in [0.05, 0.1) is 18.8 Å². The second-order valence-corrected chi connectivity index (χ2v) is 7.22. The average molecular weight is 414 g/mol. The molecule has 1 atom stereocenters. The summed E-state index contributed by atoms with van der Waals surface area (Å²) in [5, 5.41) is 13.8. The van der Waals surface area contributed by atoms with Crippen molar-refractivity contribution in [2.45, 2.75) is 19.3 Å². The average Bonchev–Trinajstić information content (AvgIpc) is 3.35. The maximum atomic E-state index is 6.03. The Labute approximate surface area is 169 Å². The first-order chi connectivity index (χ1) is 13.7. The molecule has 1 unspecified atom stereocenters. The maximum Gasteiger partial charge on any atom is 0.280 e. The fourth-order valence-electron chi connectivity index (χ4n) is 3.12. The smallest absolute Gasteiger partial charge is 0.280 e. The summed E-state index contributed by atoms with van der Waals surface area (Å²) in [6, 6.07) is 14.8. The Morgan fingerprint density at radius 1 is 1.04 bits per heavy atom. The monoisotopic (exact) mass is 413 g/mol. The SMILES string of the molecule is Clc1ccc(C2Cn3nnc(-c4nc(-c5cccc(Cl)c5)no4)c3CO2)cc1. The van der Waals surface area contributed by atoms with Crippen LogP contribution in [0.2, 0.25) is 10.0 Å². The molecular formula is C19H13Cl2N5O2. The number of hydrogen-bond donors (Lipinski definition) is 0. The lowest BCUT2D eigenvalue weighted by Crippen LogP contribution is -2.22. The first-order valence-corrected chi connectivity index (χ1v) is 9.32. The topological polar surface area (TPSA) is 78.9 Å². The minimum Gasteiger partial charge on any atom is -0.365 e. The molecule has 28 heavy (non-hydrogen) atoms. The van der Waals surface area contributed by atoms with Crippen molar-refractivity contribution in [1.29, 1.82) is 0 Å². The molecule has 0 saturated carbocycles. The first kappa shape index (κ1) is 17.4. The van der Waals surface area contributed by atoms with E-state index in [0.717, 1.165) is 16.8 Å². The van der Waals surface area contributed by atoms with E-state index in [-0.39, 0.29) is 6.10 Å². The van der Waals surface area contributed by atoms with Gasteiger partial charge in [-0.1, -0.05) is 57.8 Å². The standard InChI is InChI=1S/C19H13Cl2N5O2/c20-13-6-4-11(5-7-13)16-9-26-15(10-27-16)17(23-25-26)19-22-18(24-28-19)12-2-1-3-14(21)8-12/h1-8,16H,9-10H2. The lowest BCUT2D eigenvalue weighted by Gasteiger charge is -2.24. The van der Waals surface area contributed by atoms with Gasteiger partial charge >= 0.3 is 0 Å². The van der Waals surface area contributed by atoms with Gasteiger partial charge in [-0.15, -0.1) is 5.10 Å². The molecule has 9 heteroatoms. The number of hydrogen-bond acceptors (Lipinski definition) is 6. The molecule has 0 amide bonds. The summed E-state index contributed by atoms with van der Waals surface area (Å²) in [5.74, 6) is 0.736.